The third kappa shape index (κ3) is 2.70. The van der Waals surface area contributed by atoms with Crippen LogP contribution in [0.2, 0.25) is 0 Å². The zero-order valence-corrected chi connectivity index (χ0v) is 12.3. The van der Waals surface area contributed by atoms with E-state index in [1.165, 1.54) is 24.8 Å². The molecule has 3 heteroatoms. The SMILES string of the molecule is CC[C@](O)(CN1CCCCC1)[C@@H]1Cc2ccccc2O1. The first-order valence-corrected chi connectivity index (χ1v) is 7.90. The topological polar surface area (TPSA) is 32.7 Å². The number of benzene rings is 1. The summed E-state index contributed by atoms with van der Waals surface area (Å²) in [5.74, 6) is 0.947. The number of piperidine rings is 1. The zero-order chi connectivity index (χ0) is 14.0. The first kappa shape index (κ1) is 13.9. The molecule has 0 saturated carbocycles. The fraction of sp³-hybridized carbons (Fsp3) is 0.647. The summed E-state index contributed by atoms with van der Waals surface area (Å²) in [4.78, 5) is 2.40. The third-order valence-corrected chi connectivity index (χ3v) is 4.80. The summed E-state index contributed by atoms with van der Waals surface area (Å²) in [5, 5.41) is 11.1. The number of para-hydroxylation sites is 1. The van der Waals surface area contributed by atoms with Gasteiger partial charge in [0.05, 0.1) is 0 Å². The smallest absolute Gasteiger partial charge is 0.133 e. The Morgan fingerprint density at radius 1 is 1.25 bits per heavy atom. The van der Waals surface area contributed by atoms with Gasteiger partial charge >= 0.3 is 0 Å². The van der Waals surface area contributed by atoms with Gasteiger partial charge in [0.2, 0.25) is 0 Å². The monoisotopic (exact) mass is 275 g/mol. The van der Waals surface area contributed by atoms with Crippen LogP contribution in [0.4, 0.5) is 0 Å². The van der Waals surface area contributed by atoms with Crippen LogP contribution in [0.1, 0.15) is 38.2 Å². The molecular formula is C17H25NO2. The Morgan fingerprint density at radius 2 is 2.00 bits per heavy atom. The summed E-state index contributed by atoms with van der Waals surface area (Å²) in [7, 11) is 0. The Balaban J connectivity index is 1.70. The van der Waals surface area contributed by atoms with E-state index >= 15 is 0 Å². The molecule has 0 unspecified atom stereocenters. The molecule has 0 aromatic heterocycles. The molecule has 1 fully saturated rings. The minimum Gasteiger partial charge on any atom is -0.487 e. The first-order valence-electron chi connectivity index (χ1n) is 7.90. The minimum absolute atomic E-state index is 0.105. The zero-order valence-electron chi connectivity index (χ0n) is 12.3. The molecule has 1 N–H and O–H groups in total. The van der Waals surface area contributed by atoms with E-state index in [9.17, 15) is 5.11 Å². The number of β-amino-alcohol motifs (C(OH)–C–C–N with tert-alkyl or cyclic N) is 1. The van der Waals surface area contributed by atoms with E-state index in [4.69, 9.17) is 4.74 Å². The first-order chi connectivity index (χ1) is 9.71. The number of aliphatic hydroxyl groups is 1. The maximum absolute atomic E-state index is 11.1. The van der Waals surface area contributed by atoms with Crippen LogP contribution in [0.15, 0.2) is 24.3 Å². The van der Waals surface area contributed by atoms with E-state index in [0.29, 0.717) is 0 Å². The lowest BCUT2D eigenvalue weighted by molar-refractivity contribution is -0.0781. The van der Waals surface area contributed by atoms with Gasteiger partial charge in [-0.3, -0.25) is 0 Å². The second-order valence-electron chi connectivity index (χ2n) is 6.21. The minimum atomic E-state index is -0.740. The number of hydrogen-bond acceptors (Lipinski definition) is 3. The number of ether oxygens (including phenoxy) is 1. The fourth-order valence-corrected chi connectivity index (χ4v) is 3.43. The van der Waals surface area contributed by atoms with Crippen molar-refractivity contribution in [3.8, 4) is 5.75 Å². The fourth-order valence-electron chi connectivity index (χ4n) is 3.43. The number of nitrogens with zero attached hydrogens (tertiary/aromatic N) is 1. The molecule has 1 aromatic carbocycles. The lowest BCUT2D eigenvalue weighted by atomic mass is 9.89. The molecule has 0 amide bonds. The van der Waals surface area contributed by atoms with Crippen molar-refractivity contribution in [1.29, 1.82) is 0 Å². The molecule has 3 nitrogen and oxygen atoms in total. The van der Waals surface area contributed by atoms with Crippen molar-refractivity contribution in [2.75, 3.05) is 19.6 Å². The molecule has 1 saturated heterocycles. The van der Waals surface area contributed by atoms with Crippen LogP contribution in [0, 0.1) is 0 Å². The summed E-state index contributed by atoms with van der Waals surface area (Å²) < 4.78 is 6.03. The molecule has 2 aliphatic rings. The molecule has 0 radical (unpaired) electrons. The average Bonchev–Trinajstić information content (AvgIpc) is 2.93. The average molecular weight is 275 g/mol. The van der Waals surface area contributed by atoms with Crippen molar-refractivity contribution >= 4 is 0 Å². The van der Waals surface area contributed by atoms with Crippen LogP contribution in [-0.4, -0.2) is 41.3 Å². The molecule has 0 aliphatic carbocycles. The Bertz CT molecular complexity index is 431. The molecule has 3 rings (SSSR count). The van der Waals surface area contributed by atoms with Gasteiger partial charge in [0.25, 0.3) is 0 Å². The number of likely N-dealkylation sites (tertiary alicyclic amines) is 1. The molecule has 2 aliphatic heterocycles. The Kier molecular flexibility index (Phi) is 3.99. The molecule has 20 heavy (non-hydrogen) atoms. The maximum atomic E-state index is 11.1. The van der Waals surface area contributed by atoms with Crippen LogP contribution in [-0.2, 0) is 6.42 Å². The summed E-state index contributed by atoms with van der Waals surface area (Å²) in [6, 6.07) is 8.15. The number of fused-ring (bicyclic) bond motifs is 1. The van der Waals surface area contributed by atoms with Gasteiger partial charge < -0.3 is 14.7 Å². The second-order valence-corrected chi connectivity index (χ2v) is 6.21. The molecular weight excluding hydrogens is 250 g/mol. The van der Waals surface area contributed by atoms with Gasteiger partial charge in [-0.2, -0.15) is 0 Å². The highest BCUT2D eigenvalue weighted by molar-refractivity contribution is 5.38. The van der Waals surface area contributed by atoms with Crippen LogP contribution >= 0.6 is 0 Å². The largest absolute Gasteiger partial charge is 0.487 e. The molecule has 2 atom stereocenters. The van der Waals surface area contributed by atoms with Crippen molar-refractivity contribution in [2.45, 2.75) is 50.7 Å². The number of rotatable bonds is 4. The Morgan fingerprint density at radius 3 is 2.70 bits per heavy atom. The normalized spacial score (nSPS) is 25.8. The Hall–Kier alpha value is -1.06. The van der Waals surface area contributed by atoms with Gasteiger partial charge in [0.1, 0.15) is 17.5 Å². The Labute approximate surface area is 121 Å². The molecule has 0 spiro atoms. The predicted molar refractivity (Wildman–Crippen MR) is 80.1 cm³/mol. The van der Waals surface area contributed by atoms with Crippen molar-refractivity contribution in [1.82, 2.24) is 4.90 Å². The van der Waals surface area contributed by atoms with E-state index in [1.54, 1.807) is 0 Å². The standard InChI is InChI=1S/C17H25NO2/c1-2-17(19,13-18-10-6-3-7-11-18)16-12-14-8-4-5-9-15(14)20-16/h4-5,8-9,16,19H,2-3,6-7,10-13H2,1H3/t16-,17-/m0/s1. The van der Waals surface area contributed by atoms with Gasteiger partial charge in [0, 0.05) is 13.0 Å². The highest BCUT2D eigenvalue weighted by Crippen LogP contribution is 2.35. The van der Waals surface area contributed by atoms with Gasteiger partial charge in [0.15, 0.2) is 0 Å². The molecule has 110 valence electrons. The van der Waals surface area contributed by atoms with E-state index < -0.39 is 5.60 Å². The second kappa shape index (κ2) is 5.74. The van der Waals surface area contributed by atoms with Crippen molar-refractivity contribution in [3.63, 3.8) is 0 Å². The van der Waals surface area contributed by atoms with E-state index in [2.05, 4.69) is 17.9 Å². The lowest BCUT2D eigenvalue weighted by Crippen LogP contribution is -2.53. The van der Waals surface area contributed by atoms with E-state index in [0.717, 1.165) is 38.2 Å². The van der Waals surface area contributed by atoms with Gasteiger partial charge in [-0.05, 0) is 44.0 Å². The van der Waals surface area contributed by atoms with E-state index in [-0.39, 0.29) is 6.10 Å². The van der Waals surface area contributed by atoms with Crippen LogP contribution in [0.5, 0.6) is 5.75 Å². The quantitative estimate of drug-likeness (QED) is 0.917. The summed E-state index contributed by atoms with van der Waals surface area (Å²) in [6.07, 6.45) is 5.30. The summed E-state index contributed by atoms with van der Waals surface area (Å²) in [6.45, 7) is 5.03. The van der Waals surface area contributed by atoms with Gasteiger partial charge in [-0.1, -0.05) is 31.5 Å². The van der Waals surface area contributed by atoms with Crippen LogP contribution in [0.25, 0.3) is 0 Å². The van der Waals surface area contributed by atoms with Crippen molar-refractivity contribution in [3.05, 3.63) is 29.8 Å². The third-order valence-electron chi connectivity index (χ3n) is 4.80. The molecule has 0 bridgehead atoms. The molecule has 1 aromatic rings. The molecule has 2 heterocycles. The van der Waals surface area contributed by atoms with Crippen molar-refractivity contribution < 1.29 is 9.84 Å². The number of hydrogen-bond donors (Lipinski definition) is 1. The lowest BCUT2D eigenvalue weighted by Gasteiger charge is -2.38. The van der Waals surface area contributed by atoms with Crippen LogP contribution < -0.4 is 4.74 Å². The van der Waals surface area contributed by atoms with Crippen molar-refractivity contribution in [2.24, 2.45) is 0 Å². The van der Waals surface area contributed by atoms with Gasteiger partial charge in [-0.25, -0.2) is 0 Å². The summed E-state index contributed by atoms with van der Waals surface area (Å²) >= 11 is 0. The van der Waals surface area contributed by atoms with E-state index in [1.807, 2.05) is 18.2 Å². The predicted octanol–water partition coefficient (Wildman–Crippen LogP) is 2.62. The summed E-state index contributed by atoms with van der Waals surface area (Å²) in [5.41, 5.74) is 0.485. The van der Waals surface area contributed by atoms with Gasteiger partial charge in [-0.15, -0.1) is 0 Å². The maximum Gasteiger partial charge on any atom is 0.133 e. The van der Waals surface area contributed by atoms with Crippen LogP contribution in [0.3, 0.4) is 0 Å². The highest BCUT2D eigenvalue weighted by Gasteiger charge is 2.42. The highest BCUT2D eigenvalue weighted by atomic mass is 16.5.